The molecule has 0 aliphatic carbocycles. The molecule has 1 aromatic heterocycles. The van der Waals surface area contributed by atoms with E-state index in [2.05, 4.69) is 9.72 Å². The molecule has 0 saturated carbocycles. The van der Waals surface area contributed by atoms with Crippen LogP contribution in [0.25, 0.3) is 0 Å². The second-order valence-electron chi connectivity index (χ2n) is 2.23. The number of ether oxygens (including phenoxy) is 2. The summed E-state index contributed by atoms with van der Waals surface area (Å²) < 4.78 is 9.22. The molecular weight excluding hydrogens is 174 g/mol. The van der Waals surface area contributed by atoms with E-state index in [1.807, 2.05) is 0 Å². The van der Waals surface area contributed by atoms with Crippen LogP contribution in [0.1, 0.15) is 10.5 Å². The lowest BCUT2D eigenvalue weighted by Gasteiger charge is -2.03. The highest BCUT2D eigenvalue weighted by molar-refractivity contribution is 5.87. The molecule has 70 valence electrons. The topological polar surface area (TPSA) is 68.7 Å². The molecule has 5 nitrogen and oxygen atoms in total. The van der Waals surface area contributed by atoms with Gasteiger partial charge >= 0.3 is 5.97 Å². The molecule has 0 aliphatic rings. The van der Waals surface area contributed by atoms with E-state index in [1.165, 1.54) is 20.3 Å². The van der Waals surface area contributed by atoms with E-state index >= 15 is 0 Å². The number of hydrogen-bond donors (Lipinski definition) is 1. The molecule has 0 unspecified atom stereocenters. The Morgan fingerprint density at radius 1 is 1.54 bits per heavy atom. The fraction of sp³-hybridized carbons (Fsp3) is 0.250. The zero-order valence-corrected chi connectivity index (χ0v) is 7.27. The van der Waals surface area contributed by atoms with Gasteiger partial charge in [-0.1, -0.05) is 0 Å². The second-order valence-corrected chi connectivity index (χ2v) is 2.23. The van der Waals surface area contributed by atoms with Crippen molar-refractivity contribution in [3.63, 3.8) is 0 Å². The Balaban J connectivity index is 3.06. The number of carbonyl (C=O) groups excluding carboxylic acids is 1. The lowest BCUT2D eigenvalue weighted by atomic mass is 10.3. The first-order valence-electron chi connectivity index (χ1n) is 3.50. The first kappa shape index (κ1) is 9.31. The van der Waals surface area contributed by atoms with Crippen LogP contribution in [0.5, 0.6) is 11.5 Å². The van der Waals surface area contributed by atoms with Gasteiger partial charge in [0.15, 0.2) is 17.2 Å². The van der Waals surface area contributed by atoms with Gasteiger partial charge in [0.1, 0.15) is 0 Å². The highest BCUT2D eigenvalue weighted by Crippen LogP contribution is 2.24. The second kappa shape index (κ2) is 3.75. The van der Waals surface area contributed by atoms with Gasteiger partial charge in [0.2, 0.25) is 0 Å². The minimum absolute atomic E-state index is 0.0946. The molecule has 0 aliphatic heterocycles. The number of pyridine rings is 1. The molecule has 5 heteroatoms. The molecule has 0 fully saturated rings. The molecule has 0 spiro atoms. The van der Waals surface area contributed by atoms with Crippen LogP contribution in [0.4, 0.5) is 0 Å². The summed E-state index contributed by atoms with van der Waals surface area (Å²) >= 11 is 0. The fourth-order valence-electron chi connectivity index (χ4n) is 0.809. The van der Waals surface area contributed by atoms with Crippen molar-refractivity contribution in [1.29, 1.82) is 0 Å². The van der Waals surface area contributed by atoms with E-state index in [1.54, 1.807) is 0 Å². The summed E-state index contributed by atoms with van der Waals surface area (Å²) in [5.74, 6) is -0.496. The Morgan fingerprint density at radius 3 is 2.77 bits per heavy atom. The molecule has 1 N–H and O–H groups in total. The highest BCUT2D eigenvalue weighted by Gasteiger charge is 2.10. The predicted octanol–water partition coefficient (Wildman–Crippen LogP) is 0.582. The van der Waals surface area contributed by atoms with E-state index in [9.17, 15) is 4.79 Å². The molecule has 0 aromatic carbocycles. The third-order valence-corrected chi connectivity index (χ3v) is 1.46. The van der Waals surface area contributed by atoms with Gasteiger partial charge in [-0.05, 0) is 0 Å². The third-order valence-electron chi connectivity index (χ3n) is 1.46. The summed E-state index contributed by atoms with van der Waals surface area (Å²) in [5.41, 5.74) is 0.0946. The first-order chi connectivity index (χ1) is 6.19. The smallest absolute Gasteiger partial charge is 0.356 e. The maximum atomic E-state index is 11.0. The van der Waals surface area contributed by atoms with Gasteiger partial charge in [0.05, 0.1) is 20.4 Å². The van der Waals surface area contributed by atoms with Crippen molar-refractivity contribution < 1.29 is 19.4 Å². The van der Waals surface area contributed by atoms with Crippen LogP contribution < -0.4 is 4.74 Å². The quantitative estimate of drug-likeness (QED) is 0.679. The van der Waals surface area contributed by atoms with Crippen LogP contribution >= 0.6 is 0 Å². The zero-order valence-electron chi connectivity index (χ0n) is 7.27. The third kappa shape index (κ3) is 1.87. The van der Waals surface area contributed by atoms with E-state index in [0.29, 0.717) is 0 Å². The number of methoxy groups -OCH3 is 2. The monoisotopic (exact) mass is 183 g/mol. The average molecular weight is 183 g/mol. The molecular formula is C8H9NO4. The molecule has 1 aromatic rings. The normalized spacial score (nSPS) is 9.38. The lowest BCUT2D eigenvalue weighted by Crippen LogP contribution is -2.04. The number of carbonyl (C=O) groups is 1. The van der Waals surface area contributed by atoms with E-state index in [4.69, 9.17) is 9.84 Å². The van der Waals surface area contributed by atoms with Crippen molar-refractivity contribution in [1.82, 2.24) is 4.98 Å². The summed E-state index contributed by atoms with van der Waals surface area (Å²) in [6.45, 7) is 0. The van der Waals surface area contributed by atoms with Gasteiger partial charge in [0.25, 0.3) is 0 Å². The van der Waals surface area contributed by atoms with Gasteiger partial charge in [-0.15, -0.1) is 0 Å². The van der Waals surface area contributed by atoms with Gasteiger partial charge < -0.3 is 14.6 Å². The van der Waals surface area contributed by atoms with Crippen LogP contribution in [0.15, 0.2) is 12.3 Å². The first-order valence-corrected chi connectivity index (χ1v) is 3.50. The van der Waals surface area contributed by atoms with E-state index in [0.717, 1.165) is 6.20 Å². The van der Waals surface area contributed by atoms with Crippen LogP contribution in [0.2, 0.25) is 0 Å². The predicted molar refractivity (Wildman–Crippen MR) is 43.8 cm³/mol. The van der Waals surface area contributed by atoms with Gasteiger partial charge in [0, 0.05) is 6.07 Å². The van der Waals surface area contributed by atoms with Crippen molar-refractivity contribution in [2.75, 3.05) is 14.2 Å². The van der Waals surface area contributed by atoms with Gasteiger partial charge in [-0.25, -0.2) is 9.78 Å². The fourth-order valence-corrected chi connectivity index (χ4v) is 0.809. The largest absolute Gasteiger partial charge is 0.503 e. The van der Waals surface area contributed by atoms with Crippen LogP contribution in [0.3, 0.4) is 0 Å². The summed E-state index contributed by atoms with van der Waals surface area (Å²) in [6, 6.07) is 1.31. The SMILES string of the molecule is COC(=O)c1cc(OC)c(O)cn1. The minimum atomic E-state index is -0.571. The van der Waals surface area contributed by atoms with Crippen molar-refractivity contribution in [2.45, 2.75) is 0 Å². The molecule has 13 heavy (non-hydrogen) atoms. The highest BCUT2D eigenvalue weighted by atomic mass is 16.5. The standard InChI is InChI=1S/C8H9NO4/c1-12-7-3-5(8(11)13-2)9-4-6(7)10/h3-4,10H,1-2H3. The number of nitrogens with zero attached hydrogens (tertiary/aromatic N) is 1. The zero-order chi connectivity index (χ0) is 9.84. The average Bonchev–Trinajstić information content (AvgIpc) is 2.17. The van der Waals surface area contributed by atoms with Crippen molar-refractivity contribution in [3.05, 3.63) is 18.0 Å². The number of esters is 1. The summed E-state index contributed by atoms with van der Waals surface area (Å²) in [5, 5.41) is 9.15. The summed E-state index contributed by atoms with van der Waals surface area (Å²) in [4.78, 5) is 14.6. The number of aromatic nitrogens is 1. The molecule has 1 rings (SSSR count). The molecule has 0 radical (unpaired) electrons. The van der Waals surface area contributed by atoms with E-state index in [-0.39, 0.29) is 17.2 Å². The lowest BCUT2D eigenvalue weighted by molar-refractivity contribution is 0.0593. The Morgan fingerprint density at radius 2 is 2.23 bits per heavy atom. The van der Waals surface area contributed by atoms with Crippen LogP contribution in [-0.4, -0.2) is 30.3 Å². The maximum Gasteiger partial charge on any atom is 0.356 e. The number of aromatic hydroxyl groups is 1. The molecule has 0 bridgehead atoms. The van der Waals surface area contributed by atoms with Crippen LogP contribution in [0, 0.1) is 0 Å². The Labute approximate surface area is 74.9 Å². The summed E-state index contributed by atoms with van der Waals surface area (Å²) in [7, 11) is 2.64. The molecule has 0 saturated heterocycles. The summed E-state index contributed by atoms with van der Waals surface area (Å²) in [6.07, 6.45) is 1.13. The van der Waals surface area contributed by atoms with Gasteiger partial charge in [-0.2, -0.15) is 0 Å². The minimum Gasteiger partial charge on any atom is -0.503 e. The molecule has 1 heterocycles. The number of rotatable bonds is 2. The van der Waals surface area contributed by atoms with Crippen LogP contribution in [-0.2, 0) is 4.74 Å². The van der Waals surface area contributed by atoms with Crippen molar-refractivity contribution in [2.24, 2.45) is 0 Å². The Kier molecular flexibility index (Phi) is 2.69. The van der Waals surface area contributed by atoms with Crippen molar-refractivity contribution >= 4 is 5.97 Å². The van der Waals surface area contributed by atoms with E-state index < -0.39 is 5.97 Å². The number of hydrogen-bond acceptors (Lipinski definition) is 5. The van der Waals surface area contributed by atoms with Gasteiger partial charge in [-0.3, -0.25) is 0 Å². The molecule has 0 atom stereocenters. The Bertz CT molecular complexity index is 324. The van der Waals surface area contributed by atoms with Crippen molar-refractivity contribution in [3.8, 4) is 11.5 Å². The molecule has 0 amide bonds. The Hall–Kier alpha value is -1.78. The maximum absolute atomic E-state index is 11.0.